The molecule has 1 amide bonds. The fraction of sp³-hybridized carbons (Fsp3) is 0.809. The zero-order valence-corrected chi connectivity index (χ0v) is 34.4. The topological polar surface area (TPSA) is 84.9 Å². The summed E-state index contributed by atoms with van der Waals surface area (Å²) in [6.07, 6.45) is 15.9. The summed E-state index contributed by atoms with van der Waals surface area (Å²) in [6, 6.07) is 9.77. The van der Waals surface area contributed by atoms with Crippen LogP contribution in [0.1, 0.15) is 137 Å². The molecule has 1 aromatic rings. The molecule has 13 atom stereocenters. The Bertz CT molecular complexity index is 1560. The van der Waals surface area contributed by atoms with Crippen LogP contribution in [0.3, 0.4) is 0 Å². The zero-order valence-electron chi connectivity index (χ0n) is 34.4. The van der Waals surface area contributed by atoms with E-state index >= 15 is 0 Å². The van der Waals surface area contributed by atoms with Crippen LogP contribution in [0.5, 0.6) is 0 Å². The lowest BCUT2D eigenvalue weighted by Gasteiger charge is -2.67. The molecule has 1 aromatic carbocycles. The number of nitrogens with zero attached hydrogens (tertiary/aromatic N) is 1. The Morgan fingerprint density at radius 3 is 2.20 bits per heavy atom. The van der Waals surface area contributed by atoms with Crippen LogP contribution < -0.4 is 5.32 Å². The van der Waals surface area contributed by atoms with Crippen LogP contribution in [0.2, 0.25) is 0 Å². The number of nitrogens with one attached hydrogen (secondary N) is 1. The van der Waals surface area contributed by atoms with E-state index < -0.39 is 0 Å². The maximum absolute atomic E-state index is 14.4. The number of rotatable bonds is 9. The second-order valence-corrected chi connectivity index (χ2v) is 20.8. The molecule has 54 heavy (non-hydrogen) atoms. The molecule has 0 bridgehead atoms. The average molecular weight is 743 g/mol. The summed E-state index contributed by atoms with van der Waals surface area (Å²) in [5.41, 5.74) is 1.16. The van der Waals surface area contributed by atoms with Gasteiger partial charge in [0.15, 0.2) is 0 Å². The van der Waals surface area contributed by atoms with E-state index in [4.69, 9.17) is 9.47 Å². The molecule has 0 spiro atoms. The van der Waals surface area contributed by atoms with Crippen LogP contribution in [0, 0.1) is 69.5 Å². The SMILES string of the molecule is CC1C(C(=O)OCc2ccccc2)CC1C(=O)OC1CCC2(C)C(CCC3(C)C4CCC5(C(=O)NC(C)(C)CN6CCCC6)CCCC5C4CCC23)C1C. The lowest BCUT2D eigenvalue weighted by atomic mass is 9.37. The number of carbonyl (C=O) groups is 3. The van der Waals surface area contributed by atoms with E-state index in [0.29, 0.717) is 53.3 Å². The maximum Gasteiger partial charge on any atom is 0.309 e. The normalized spacial score (nSPS) is 43.1. The predicted octanol–water partition coefficient (Wildman–Crippen LogP) is 8.98. The number of amides is 1. The fourth-order valence-electron chi connectivity index (χ4n) is 14.8. The molecule has 13 unspecified atom stereocenters. The third-order valence-electron chi connectivity index (χ3n) is 17.6. The van der Waals surface area contributed by atoms with E-state index in [9.17, 15) is 14.4 Å². The predicted molar refractivity (Wildman–Crippen MR) is 211 cm³/mol. The molecule has 6 saturated carbocycles. The van der Waals surface area contributed by atoms with Crippen molar-refractivity contribution in [3.63, 3.8) is 0 Å². The lowest BCUT2D eigenvalue weighted by molar-refractivity contribution is -0.206. The summed E-state index contributed by atoms with van der Waals surface area (Å²) in [5, 5.41) is 3.64. The van der Waals surface area contributed by atoms with E-state index in [2.05, 4.69) is 44.8 Å². The quantitative estimate of drug-likeness (QED) is 0.255. The number of ether oxygens (including phenoxy) is 2. The molecule has 298 valence electrons. The van der Waals surface area contributed by atoms with E-state index in [1.54, 1.807) is 0 Å². The van der Waals surface area contributed by atoms with Gasteiger partial charge in [0.05, 0.1) is 17.3 Å². The molecular weight excluding hydrogens is 673 g/mol. The average Bonchev–Trinajstić information content (AvgIpc) is 3.82. The lowest BCUT2D eigenvalue weighted by Crippen LogP contribution is -2.63. The number of hydrogen-bond acceptors (Lipinski definition) is 6. The summed E-state index contributed by atoms with van der Waals surface area (Å²) in [6.45, 7) is 17.7. The highest BCUT2D eigenvalue weighted by Crippen LogP contribution is 2.72. The van der Waals surface area contributed by atoms with Gasteiger partial charge in [0, 0.05) is 12.1 Å². The Balaban J connectivity index is 0.881. The Labute approximate surface area is 325 Å². The monoisotopic (exact) mass is 743 g/mol. The van der Waals surface area contributed by atoms with E-state index in [0.717, 1.165) is 50.9 Å². The van der Waals surface area contributed by atoms with Crippen molar-refractivity contribution in [3.05, 3.63) is 35.9 Å². The minimum atomic E-state index is -0.236. The molecule has 1 aliphatic heterocycles. The molecule has 7 heteroatoms. The smallest absolute Gasteiger partial charge is 0.309 e. The largest absolute Gasteiger partial charge is 0.462 e. The van der Waals surface area contributed by atoms with Gasteiger partial charge >= 0.3 is 11.9 Å². The Hall–Kier alpha value is -2.41. The first-order valence-electron chi connectivity index (χ1n) is 22.2. The van der Waals surface area contributed by atoms with Gasteiger partial charge in [-0.05, 0) is 168 Å². The summed E-state index contributed by atoms with van der Waals surface area (Å²) < 4.78 is 12.0. The number of carbonyl (C=O) groups excluding carboxylic acids is 3. The van der Waals surface area contributed by atoms with Gasteiger partial charge in [0.25, 0.3) is 0 Å². The van der Waals surface area contributed by atoms with Crippen molar-refractivity contribution in [2.45, 2.75) is 150 Å². The highest BCUT2D eigenvalue weighted by atomic mass is 16.5. The molecule has 0 aromatic heterocycles. The van der Waals surface area contributed by atoms with Crippen molar-refractivity contribution in [1.82, 2.24) is 10.2 Å². The number of likely N-dealkylation sites (tertiary alicyclic amines) is 1. The van der Waals surface area contributed by atoms with Gasteiger partial charge in [0.2, 0.25) is 5.91 Å². The Kier molecular flexibility index (Phi) is 10.3. The van der Waals surface area contributed by atoms with Gasteiger partial charge in [0.1, 0.15) is 12.7 Å². The summed E-state index contributed by atoms with van der Waals surface area (Å²) in [5.74, 6) is 2.99. The molecule has 6 aliphatic carbocycles. The van der Waals surface area contributed by atoms with Crippen LogP contribution in [-0.4, -0.2) is 54.0 Å². The van der Waals surface area contributed by atoms with Gasteiger partial charge < -0.3 is 19.7 Å². The van der Waals surface area contributed by atoms with Gasteiger partial charge in [-0.1, -0.05) is 64.4 Å². The first-order valence-corrected chi connectivity index (χ1v) is 22.2. The molecule has 1 heterocycles. The second kappa shape index (κ2) is 14.5. The van der Waals surface area contributed by atoms with Crippen molar-refractivity contribution >= 4 is 17.8 Å². The minimum Gasteiger partial charge on any atom is -0.462 e. The molecular formula is C47H70N2O5. The van der Waals surface area contributed by atoms with Crippen LogP contribution >= 0.6 is 0 Å². The standard InChI is InChI=1S/C47H70N2O5/c1-30-34(41(50)53-28-32-13-8-7-9-14-32)27-35(30)42(51)54-39-20-23-45(5)36(31(39)2)18-22-46(6)37-19-24-47(21-12-15-38(47)33(37)16-17-40(45)46)43(52)48-44(3,4)29-49-25-10-11-26-49/h7-9,13-14,30-31,33-40H,10-12,15-29H2,1-6H3,(H,48,52). The number of esters is 2. The Morgan fingerprint density at radius 1 is 0.778 bits per heavy atom. The third kappa shape index (κ3) is 6.56. The number of hydrogen-bond donors (Lipinski definition) is 1. The first-order chi connectivity index (χ1) is 25.8. The van der Waals surface area contributed by atoms with Gasteiger partial charge in [-0.3, -0.25) is 14.4 Å². The van der Waals surface area contributed by atoms with Crippen LogP contribution in [0.4, 0.5) is 0 Å². The van der Waals surface area contributed by atoms with Gasteiger partial charge in [-0.2, -0.15) is 0 Å². The van der Waals surface area contributed by atoms with Crippen molar-refractivity contribution < 1.29 is 23.9 Å². The first kappa shape index (κ1) is 38.5. The molecule has 1 N–H and O–H groups in total. The van der Waals surface area contributed by atoms with Gasteiger partial charge in [-0.25, -0.2) is 0 Å². The fourth-order valence-corrected chi connectivity index (χ4v) is 14.8. The highest BCUT2D eigenvalue weighted by molar-refractivity contribution is 5.84. The highest BCUT2D eigenvalue weighted by Gasteiger charge is 2.66. The molecule has 1 saturated heterocycles. The maximum atomic E-state index is 14.4. The van der Waals surface area contributed by atoms with Crippen molar-refractivity contribution in [2.75, 3.05) is 19.6 Å². The minimum absolute atomic E-state index is 0.0467. The van der Waals surface area contributed by atoms with Crippen LogP contribution in [-0.2, 0) is 30.5 Å². The van der Waals surface area contributed by atoms with Crippen molar-refractivity contribution in [1.29, 1.82) is 0 Å². The second-order valence-electron chi connectivity index (χ2n) is 20.8. The van der Waals surface area contributed by atoms with E-state index in [-0.39, 0.29) is 58.8 Å². The van der Waals surface area contributed by atoms with E-state index in [1.807, 2.05) is 37.3 Å². The van der Waals surface area contributed by atoms with Crippen LogP contribution in [0.25, 0.3) is 0 Å². The number of fused-ring (bicyclic) bond motifs is 7. The molecule has 8 rings (SSSR count). The van der Waals surface area contributed by atoms with Crippen molar-refractivity contribution in [2.24, 2.45) is 69.5 Å². The van der Waals surface area contributed by atoms with Crippen LogP contribution in [0.15, 0.2) is 30.3 Å². The molecule has 7 aliphatic rings. The summed E-state index contributed by atoms with van der Waals surface area (Å²) in [7, 11) is 0. The number of benzene rings is 1. The Morgan fingerprint density at radius 2 is 1.46 bits per heavy atom. The van der Waals surface area contributed by atoms with Crippen molar-refractivity contribution in [3.8, 4) is 0 Å². The summed E-state index contributed by atoms with van der Waals surface area (Å²) in [4.78, 5) is 43.4. The van der Waals surface area contributed by atoms with Gasteiger partial charge in [-0.15, -0.1) is 0 Å². The third-order valence-corrected chi connectivity index (χ3v) is 17.6. The summed E-state index contributed by atoms with van der Waals surface area (Å²) >= 11 is 0. The molecule has 7 nitrogen and oxygen atoms in total. The molecule has 7 fully saturated rings. The zero-order chi connectivity index (χ0) is 38.0. The molecule has 0 radical (unpaired) electrons. The van der Waals surface area contributed by atoms with E-state index in [1.165, 1.54) is 57.8 Å².